The van der Waals surface area contributed by atoms with Crippen LogP contribution in [0, 0.1) is 13.8 Å². The van der Waals surface area contributed by atoms with Crippen molar-refractivity contribution in [3.8, 4) is 5.75 Å². The molecular weight excluding hydrogens is 338 g/mol. The number of nitrogens with zero attached hydrogens (tertiary/aromatic N) is 2. The molecule has 0 aliphatic carbocycles. The first-order valence-corrected chi connectivity index (χ1v) is 9.16. The van der Waals surface area contributed by atoms with Gasteiger partial charge in [-0.05, 0) is 43.5 Å². The fraction of sp³-hybridized carbons (Fsp3) is 0.273. The summed E-state index contributed by atoms with van der Waals surface area (Å²) >= 11 is 0. The summed E-state index contributed by atoms with van der Waals surface area (Å²) in [5, 5.41) is 7.39. The molecule has 0 fully saturated rings. The molecule has 5 heteroatoms. The number of carbonyl (C=O) groups excluding carboxylic acids is 1. The molecule has 5 nitrogen and oxygen atoms in total. The van der Waals surface area contributed by atoms with Crippen LogP contribution in [0.1, 0.15) is 46.6 Å². The highest BCUT2D eigenvalue weighted by molar-refractivity contribution is 5.92. The normalized spacial score (nSPS) is 11.8. The molecule has 1 aromatic heterocycles. The molecule has 0 saturated carbocycles. The minimum Gasteiger partial charge on any atom is -0.471 e. The summed E-state index contributed by atoms with van der Waals surface area (Å²) < 4.78 is 7.39. The second-order valence-corrected chi connectivity index (χ2v) is 6.62. The molecule has 1 N–H and O–H groups in total. The van der Waals surface area contributed by atoms with E-state index in [2.05, 4.69) is 48.5 Å². The summed E-state index contributed by atoms with van der Waals surface area (Å²) in [5.74, 6) is 0.626. The predicted molar refractivity (Wildman–Crippen MR) is 106 cm³/mol. The first kappa shape index (κ1) is 18.7. The molecule has 140 valence electrons. The first-order valence-electron chi connectivity index (χ1n) is 9.16. The summed E-state index contributed by atoms with van der Waals surface area (Å²) in [6.07, 6.45) is 2.56. The van der Waals surface area contributed by atoms with Crippen LogP contribution in [-0.4, -0.2) is 15.7 Å². The summed E-state index contributed by atoms with van der Waals surface area (Å²) in [6.45, 7) is 6.36. The second kappa shape index (κ2) is 8.54. The fourth-order valence-electron chi connectivity index (χ4n) is 2.86. The SMILES string of the molecule is CCC(NC(=O)c1ccn(COc2ccccc2C)n1)c1ccc(C)cc1. The Morgan fingerprint density at radius 2 is 1.85 bits per heavy atom. The zero-order valence-electron chi connectivity index (χ0n) is 16.0. The highest BCUT2D eigenvalue weighted by atomic mass is 16.5. The van der Waals surface area contributed by atoms with Gasteiger partial charge in [0.05, 0.1) is 6.04 Å². The molecule has 1 unspecified atom stereocenters. The van der Waals surface area contributed by atoms with E-state index in [0.29, 0.717) is 5.69 Å². The molecule has 0 radical (unpaired) electrons. The molecule has 0 spiro atoms. The van der Waals surface area contributed by atoms with E-state index in [4.69, 9.17) is 4.74 Å². The standard InChI is InChI=1S/C22H25N3O2/c1-4-19(18-11-9-16(2)10-12-18)23-22(26)20-13-14-25(24-20)15-27-21-8-6-5-7-17(21)3/h5-14,19H,4,15H2,1-3H3,(H,23,26). The Hall–Kier alpha value is -3.08. The van der Waals surface area contributed by atoms with Gasteiger partial charge in [-0.3, -0.25) is 4.79 Å². The maximum atomic E-state index is 12.6. The highest BCUT2D eigenvalue weighted by Gasteiger charge is 2.16. The van der Waals surface area contributed by atoms with Crippen molar-refractivity contribution in [1.82, 2.24) is 15.1 Å². The summed E-state index contributed by atoms with van der Waals surface area (Å²) in [7, 11) is 0. The van der Waals surface area contributed by atoms with Crippen LogP contribution in [0.3, 0.4) is 0 Å². The monoisotopic (exact) mass is 363 g/mol. The van der Waals surface area contributed by atoms with Crippen molar-refractivity contribution in [3.05, 3.63) is 83.2 Å². The maximum absolute atomic E-state index is 12.6. The van der Waals surface area contributed by atoms with E-state index < -0.39 is 0 Å². The van der Waals surface area contributed by atoms with Gasteiger partial charge >= 0.3 is 0 Å². The Bertz CT molecular complexity index is 900. The Morgan fingerprint density at radius 1 is 1.11 bits per heavy atom. The molecule has 27 heavy (non-hydrogen) atoms. The van der Waals surface area contributed by atoms with E-state index in [9.17, 15) is 4.79 Å². The fourth-order valence-corrected chi connectivity index (χ4v) is 2.86. The minimum absolute atomic E-state index is 0.0357. The molecule has 1 heterocycles. The highest BCUT2D eigenvalue weighted by Crippen LogP contribution is 2.18. The zero-order valence-corrected chi connectivity index (χ0v) is 16.0. The van der Waals surface area contributed by atoms with Crippen molar-refractivity contribution in [2.45, 2.75) is 40.0 Å². The molecule has 1 amide bonds. The van der Waals surface area contributed by atoms with Crippen molar-refractivity contribution in [2.75, 3.05) is 0 Å². The van der Waals surface area contributed by atoms with E-state index in [1.807, 2.05) is 31.2 Å². The van der Waals surface area contributed by atoms with Gasteiger partial charge in [-0.1, -0.05) is 55.0 Å². The Labute approximate surface area is 160 Å². The van der Waals surface area contributed by atoms with Gasteiger partial charge in [-0.15, -0.1) is 0 Å². The number of aromatic nitrogens is 2. The Morgan fingerprint density at radius 3 is 2.56 bits per heavy atom. The van der Waals surface area contributed by atoms with Gasteiger partial charge in [0.15, 0.2) is 6.73 Å². The van der Waals surface area contributed by atoms with Crippen molar-refractivity contribution >= 4 is 5.91 Å². The molecule has 1 atom stereocenters. The van der Waals surface area contributed by atoms with Crippen LogP contribution in [0.4, 0.5) is 0 Å². The number of amides is 1. The Balaban J connectivity index is 1.62. The smallest absolute Gasteiger partial charge is 0.272 e. The minimum atomic E-state index is -0.183. The van der Waals surface area contributed by atoms with Gasteiger partial charge in [0.2, 0.25) is 0 Å². The van der Waals surface area contributed by atoms with E-state index in [-0.39, 0.29) is 18.7 Å². The first-order chi connectivity index (χ1) is 13.1. The Kier molecular flexibility index (Phi) is 5.91. The lowest BCUT2D eigenvalue weighted by Crippen LogP contribution is -2.28. The number of para-hydroxylation sites is 1. The van der Waals surface area contributed by atoms with E-state index in [0.717, 1.165) is 23.3 Å². The van der Waals surface area contributed by atoms with Crippen LogP contribution in [0.2, 0.25) is 0 Å². The number of nitrogens with one attached hydrogen (secondary N) is 1. The van der Waals surface area contributed by atoms with Gasteiger partial charge in [0, 0.05) is 6.20 Å². The number of hydrogen-bond donors (Lipinski definition) is 1. The molecule has 3 aromatic rings. The van der Waals surface area contributed by atoms with Crippen molar-refractivity contribution in [3.63, 3.8) is 0 Å². The molecule has 0 aliphatic rings. The lowest BCUT2D eigenvalue weighted by atomic mass is 10.0. The van der Waals surface area contributed by atoms with Crippen LogP contribution < -0.4 is 10.1 Å². The molecular formula is C22H25N3O2. The third-order valence-electron chi connectivity index (χ3n) is 4.51. The van der Waals surface area contributed by atoms with Crippen LogP contribution >= 0.6 is 0 Å². The van der Waals surface area contributed by atoms with Crippen LogP contribution in [0.15, 0.2) is 60.8 Å². The van der Waals surface area contributed by atoms with Crippen LogP contribution in [-0.2, 0) is 6.73 Å². The van der Waals surface area contributed by atoms with Crippen LogP contribution in [0.25, 0.3) is 0 Å². The van der Waals surface area contributed by atoms with Crippen molar-refractivity contribution < 1.29 is 9.53 Å². The van der Waals surface area contributed by atoms with Gasteiger partial charge in [0.1, 0.15) is 11.4 Å². The number of rotatable bonds is 7. The van der Waals surface area contributed by atoms with Gasteiger partial charge < -0.3 is 10.1 Å². The van der Waals surface area contributed by atoms with Crippen molar-refractivity contribution in [2.24, 2.45) is 0 Å². The van der Waals surface area contributed by atoms with E-state index in [1.165, 1.54) is 5.56 Å². The number of benzene rings is 2. The number of ether oxygens (including phenoxy) is 1. The largest absolute Gasteiger partial charge is 0.471 e. The molecule has 3 rings (SSSR count). The maximum Gasteiger partial charge on any atom is 0.272 e. The molecule has 0 aliphatic heterocycles. The lowest BCUT2D eigenvalue weighted by Gasteiger charge is -2.17. The van der Waals surface area contributed by atoms with Crippen LogP contribution in [0.5, 0.6) is 5.75 Å². The molecule has 0 bridgehead atoms. The third kappa shape index (κ3) is 4.76. The lowest BCUT2D eigenvalue weighted by molar-refractivity contribution is 0.0928. The molecule has 2 aromatic carbocycles. The van der Waals surface area contributed by atoms with Gasteiger partial charge in [-0.25, -0.2) is 4.68 Å². The van der Waals surface area contributed by atoms with E-state index in [1.54, 1.807) is 16.9 Å². The quantitative estimate of drug-likeness (QED) is 0.676. The van der Waals surface area contributed by atoms with Gasteiger partial charge in [-0.2, -0.15) is 5.10 Å². The zero-order chi connectivity index (χ0) is 19.2. The van der Waals surface area contributed by atoms with Crippen molar-refractivity contribution in [1.29, 1.82) is 0 Å². The second-order valence-electron chi connectivity index (χ2n) is 6.62. The average Bonchev–Trinajstić information content (AvgIpc) is 3.15. The number of hydrogen-bond acceptors (Lipinski definition) is 3. The number of aryl methyl sites for hydroxylation is 2. The van der Waals surface area contributed by atoms with Gasteiger partial charge in [0.25, 0.3) is 5.91 Å². The predicted octanol–water partition coefficient (Wildman–Crippen LogP) is 4.42. The summed E-state index contributed by atoms with van der Waals surface area (Å²) in [4.78, 5) is 12.6. The number of carbonyl (C=O) groups is 1. The average molecular weight is 363 g/mol. The summed E-state index contributed by atoms with van der Waals surface area (Å²) in [6, 6.07) is 17.7. The third-order valence-corrected chi connectivity index (χ3v) is 4.51. The molecule has 0 saturated heterocycles. The summed E-state index contributed by atoms with van der Waals surface area (Å²) in [5.41, 5.74) is 3.74. The van der Waals surface area contributed by atoms with E-state index >= 15 is 0 Å². The topological polar surface area (TPSA) is 56.2 Å².